The molecule has 0 unspecified atom stereocenters. The number of nitrogens with one attached hydrogen (secondary N) is 4. The molecule has 0 bridgehead atoms. The fourth-order valence-electron chi connectivity index (χ4n) is 4.25. The summed E-state index contributed by atoms with van der Waals surface area (Å²) in [7, 11) is 0. The third-order valence-corrected chi connectivity index (χ3v) is 8.19. The van der Waals surface area contributed by atoms with E-state index in [2.05, 4.69) is 35.1 Å². The highest BCUT2D eigenvalue weighted by Gasteiger charge is 2.25. The second-order valence-electron chi connectivity index (χ2n) is 9.03. The van der Waals surface area contributed by atoms with Gasteiger partial charge in [-0.1, -0.05) is 38.1 Å². The van der Waals surface area contributed by atoms with Crippen molar-refractivity contribution < 1.29 is 9.59 Å². The van der Waals surface area contributed by atoms with Gasteiger partial charge < -0.3 is 21.3 Å². The van der Waals surface area contributed by atoms with Crippen LogP contribution in [0.15, 0.2) is 48.5 Å². The maximum Gasteiger partial charge on any atom is 0.255 e. The van der Waals surface area contributed by atoms with Gasteiger partial charge in [-0.25, -0.2) is 4.98 Å². The number of fused-ring (bicyclic) bond motifs is 2. The lowest BCUT2D eigenvalue weighted by Gasteiger charge is -2.13. The van der Waals surface area contributed by atoms with Crippen LogP contribution in [0, 0.1) is 0 Å². The molecular weight excluding hydrogens is 490 g/mol. The largest absolute Gasteiger partial charge is 0.320 e. The van der Waals surface area contributed by atoms with E-state index in [1.807, 2.05) is 36.4 Å². The first-order valence-electron chi connectivity index (χ1n) is 12.1. The number of hydrogen-bond donors (Lipinski definition) is 4. The number of carbonyl (C=O) groups excluding carboxylic acids is 2. The zero-order valence-corrected chi connectivity index (χ0v) is 21.9. The minimum absolute atomic E-state index is 0.00659. The van der Waals surface area contributed by atoms with Gasteiger partial charge in [0.15, 0.2) is 0 Å². The van der Waals surface area contributed by atoms with E-state index in [0.717, 1.165) is 45.3 Å². The van der Waals surface area contributed by atoms with Crippen molar-refractivity contribution in [3.8, 4) is 10.6 Å². The van der Waals surface area contributed by atoms with Crippen LogP contribution in [0.4, 0.5) is 10.7 Å². The van der Waals surface area contributed by atoms with Crippen molar-refractivity contribution in [2.75, 3.05) is 23.7 Å². The summed E-state index contributed by atoms with van der Waals surface area (Å²) in [4.78, 5) is 31.8. The predicted molar refractivity (Wildman–Crippen MR) is 149 cm³/mol. The summed E-state index contributed by atoms with van der Waals surface area (Å²) in [5.41, 5.74) is 4.31. The van der Waals surface area contributed by atoms with E-state index in [-0.39, 0.29) is 11.8 Å². The zero-order valence-electron chi connectivity index (χ0n) is 20.3. The monoisotopic (exact) mass is 519 g/mol. The second-order valence-corrected chi connectivity index (χ2v) is 11.2. The standard InChI is InChI=1S/C27H29N5O2S2/c1-16(2)29-14-12-22(33)31-26-23(18-11-13-28-15-21(18)36-26)27-32-24-19(9-6-10-20(24)35-27)30-25(34)17-7-4-3-5-8-17/h3-10,16,28-29H,11-15H2,1-2H3,(H,30,34)(H,31,33). The third kappa shape index (κ3) is 5.34. The Labute approximate surface area is 218 Å². The molecule has 4 N–H and O–H groups in total. The number of thiophene rings is 1. The molecule has 0 aliphatic carbocycles. The molecule has 1 aliphatic rings. The Hall–Kier alpha value is -3.11. The molecular formula is C27H29N5O2S2. The minimum Gasteiger partial charge on any atom is -0.320 e. The van der Waals surface area contributed by atoms with Crippen LogP contribution in [0.2, 0.25) is 0 Å². The molecule has 2 aromatic heterocycles. The normalized spacial score (nSPS) is 13.1. The second kappa shape index (κ2) is 10.9. The number of aromatic nitrogens is 1. The summed E-state index contributed by atoms with van der Waals surface area (Å²) in [6, 6.07) is 15.3. The fraction of sp³-hybridized carbons (Fsp3) is 0.296. The van der Waals surface area contributed by atoms with E-state index in [1.165, 1.54) is 10.4 Å². The Morgan fingerprint density at radius 2 is 1.89 bits per heavy atom. The molecule has 0 saturated heterocycles. The van der Waals surface area contributed by atoms with Crippen molar-refractivity contribution in [3.63, 3.8) is 0 Å². The van der Waals surface area contributed by atoms with Crippen LogP contribution in [-0.4, -0.2) is 35.9 Å². The van der Waals surface area contributed by atoms with Crippen molar-refractivity contribution in [2.24, 2.45) is 0 Å². The maximum absolute atomic E-state index is 12.8. The molecule has 2 aromatic carbocycles. The van der Waals surface area contributed by atoms with Gasteiger partial charge in [-0.3, -0.25) is 9.59 Å². The Morgan fingerprint density at radius 3 is 2.69 bits per heavy atom. The number of carbonyl (C=O) groups is 2. The molecule has 36 heavy (non-hydrogen) atoms. The average Bonchev–Trinajstić information content (AvgIpc) is 3.45. The summed E-state index contributed by atoms with van der Waals surface area (Å²) < 4.78 is 0.989. The van der Waals surface area contributed by atoms with E-state index in [1.54, 1.807) is 34.8 Å². The van der Waals surface area contributed by atoms with Crippen molar-refractivity contribution >= 4 is 55.4 Å². The van der Waals surface area contributed by atoms with E-state index < -0.39 is 0 Å². The number of para-hydroxylation sites is 1. The Morgan fingerprint density at radius 1 is 1.06 bits per heavy atom. The van der Waals surface area contributed by atoms with E-state index in [4.69, 9.17) is 4.98 Å². The lowest BCUT2D eigenvalue weighted by atomic mass is 10.0. The smallest absolute Gasteiger partial charge is 0.255 e. The number of amides is 2. The molecule has 5 rings (SSSR count). The molecule has 186 valence electrons. The first-order chi connectivity index (χ1) is 17.5. The first-order valence-corrected chi connectivity index (χ1v) is 13.8. The van der Waals surface area contributed by atoms with Crippen molar-refractivity contribution in [2.45, 2.75) is 39.3 Å². The van der Waals surface area contributed by atoms with Crippen molar-refractivity contribution in [1.82, 2.24) is 15.6 Å². The van der Waals surface area contributed by atoms with E-state index >= 15 is 0 Å². The van der Waals surface area contributed by atoms with Gasteiger partial charge in [0.1, 0.15) is 15.5 Å². The van der Waals surface area contributed by atoms with Gasteiger partial charge in [0.2, 0.25) is 5.91 Å². The Bertz CT molecular complexity index is 1390. The van der Waals surface area contributed by atoms with Crippen LogP contribution in [0.5, 0.6) is 0 Å². The third-order valence-electron chi connectivity index (χ3n) is 6.00. The van der Waals surface area contributed by atoms with Crippen LogP contribution < -0.4 is 21.3 Å². The first kappa shape index (κ1) is 24.6. The zero-order chi connectivity index (χ0) is 25.1. The van der Waals surface area contributed by atoms with Crippen molar-refractivity contribution in [1.29, 1.82) is 0 Å². The lowest BCUT2D eigenvalue weighted by Crippen LogP contribution is -2.27. The Balaban J connectivity index is 1.47. The number of rotatable bonds is 8. The molecule has 0 fully saturated rings. The van der Waals surface area contributed by atoms with Gasteiger partial charge in [0.25, 0.3) is 5.91 Å². The van der Waals surface area contributed by atoms with Gasteiger partial charge in [0, 0.05) is 41.6 Å². The van der Waals surface area contributed by atoms with Crippen LogP contribution in [-0.2, 0) is 17.8 Å². The van der Waals surface area contributed by atoms with Crippen molar-refractivity contribution in [3.05, 3.63) is 64.5 Å². The van der Waals surface area contributed by atoms with Crippen LogP contribution in [0.25, 0.3) is 20.8 Å². The molecule has 0 atom stereocenters. The summed E-state index contributed by atoms with van der Waals surface area (Å²) in [6.07, 6.45) is 1.30. The van der Waals surface area contributed by atoms with Gasteiger partial charge >= 0.3 is 0 Å². The van der Waals surface area contributed by atoms with Gasteiger partial charge in [-0.05, 0) is 42.8 Å². The average molecular weight is 520 g/mol. The topological polar surface area (TPSA) is 95.2 Å². The van der Waals surface area contributed by atoms with E-state index in [9.17, 15) is 9.59 Å². The van der Waals surface area contributed by atoms with E-state index in [0.29, 0.717) is 30.3 Å². The van der Waals surface area contributed by atoms with Gasteiger partial charge in [-0.15, -0.1) is 22.7 Å². The molecule has 9 heteroatoms. The molecule has 3 heterocycles. The van der Waals surface area contributed by atoms with Crippen LogP contribution in [0.1, 0.15) is 41.1 Å². The van der Waals surface area contributed by atoms with Crippen LogP contribution >= 0.6 is 22.7 Å². The number of thiazole rings is 1. The Kier molecular flexibility index (Phi) is 7.43. The highest BCUT2D eigenvalue weighted by atomic mass is 32.1. The molecule has 4 aromatic rings. The molecule has 1 aliphatic heterocycles. The summed E-state index contributed by atoms with van der Waals surface area (Å²) in [5, 5.41) is 14.6. The maximum atomic E-state index is 12.8. The summed E-state index contributed by atoms with van der Waals surface area (Å²) >= 11 is 3.22. The molecule has 7 nitrogen and oxygen atoms in total. The number of nitrogens with zero attached hydrogens (tertiary/aromatic N) is 1. The molecule has 0 radical (unpaired) electrons. The molecule has 0 spiro atoms. The highest BCUT2D eigenvalue weighted by molar-refractivity contribution is 7.23. The number of benzene rings is 2. The summed E-state index contributed by atoms with van der Waals surface area (Å²) in [5.74, 6) is -0.174. The van der Waals surface area contributed by atoms with Gasteiger partial charge in [0.05, 0.1) is 10.4 Å². The SMILES string of the molecule is CC(C)NCCC(=O)Nc1sc2c(c1-c1nc3c(NC(=O)c4ccccc4)cccc3s1)CCNC2. The number of anilines is 2. The quantitative estimate of drug-likeness (QED) is 0.255. The number of hydrogen-bond acceptors (Lipinski definition) is 7. The summed E-state index contributed by atoms with van der Waals surface area (Å²) in [6.45, 7) is 6.46. The fourth-order valence-corrected chi connectivity index (χ4v) is 6.62. The minimum atomic E-state index is -0.167. The predicted octanol–water partition coefficient (Wildman–Crippen LogP) is 5.25. The molecule has 2 amide bonds. The highest BCUT2D eigenvalue weighted by Crippen LogP contribution is 2.45. The lowest BCUT2D eigenvalue weighted by molar-refractivity contribution is -0.116. The molecule has 0 saturated carbocycles. The van der Waals surface area contributed by atoms with Crippen LogP contribution in [0.3, 0.4) is 0 Å². The van der Waals surface area contributed by atoms with Gasteiger partial charge in [-0.2, -0.15) is 0 Å².